The summed E-state index contributed by atoms with van der Waals surface area (Å²) in [5.74, 6) is 0.902. The van der Waals surface area contributed by atoms with Gasteiger partial charge < -0.3 is 4.90 Å². The molecule has 1 heterocycles. The SMILES string of the molecule is CC(C)C1NC2(CCCC2)C(=O)N1C1CCC(C)(C)C1. The van der Waals surface area contributed by atoms with E-state index in [1.807, 2.05) is 0 Å². The van der Waals surface area contributed by atoms with E-state index < -0.39 is 0 Å². The zero-order chi connectivity index (χ0) is 14.5. The van der Waals surface area contributed by atoms with Crippen LogP contribution in [0.3, 0.4) is 0 Å². The van der Waals surface area contributed by atoms with Crippen LogP contribution in [0.15, 0.2) is 0 Å². The molecule has 1 saturated heterocycles. The van der Waals surface area contributed by atoms with Crippen molar-refractivity contribution in [2.75, 3.05) is 0 Å². The molecule has 114 valence electrons. The van der Waals surface area contributed by atoms with Crippen molar-refractivity contribution in [3.05, 3.63) is 0 Å². The van der Waals surface area contributed by atoms with E-state index in [0.717, 1.165) is 12.8 Å². The quantitative estimate of drug-likeness (QED) is 0.840. The molecule has 3 heteroatoms. The summed E-state index contributed by atoms with van der Waals surface area (Å²) in [4.78, 5) is 15.4. The lowest BCUT2D eigenvalue weighted by atomic mass is 9.91. The molecule has 0 aromatic rings. The molecule has 0 bridgehead atoms. The fraction of sp³-hybridized carbons (Fsp3) is 0.941. The Morgan fingerprint density at radius 2 is 1.85 bits per heavy atom. The summed E-state index contributed by atoms with van der Waals surface area (Å²) in [6, 6.07) is 0.456. The summed E-state index contributed by atoms with van der Waals surface area (Å²) >= 11 is 0. The maximum Gasteiger partial charge on any atom is 0.244 e. The van der Waals surface area contributed by atoms with Gasteiger partial charge in [0.2, 0.25) is 5.91 Å². The minimum atomic E-state index is -0.207. The third-order valence-corrected chi connectivity index (χ3v) is 5.79. The Hall–Kier alpha value is -0.570. The summed E-state index contributed by atoms with van der Waals surface area (Å²) in [5.41, 5.74) is 0.194. The van der Waals surface area contributed by atoms with Gasteiger partial charge in [-0.2, -0.15) is 0 Å². The molecule has 20 heavy (non-hydrogen) atoms. The predicted molar refractivity (Wildman–Crippen MR) is 81.2 cm³/mol. The predicted octanol–water partition coefficient (Wildman–Crippen LogP) is 3.29. The van der Waals surface area contributed by atoms with Crippen molar-refractivity contribution in [1.29, 1.82) is 0 Å². The van der Waals surface area contributed by atoms with E-state index in [4.69, 9.17) is 0 Å². The zero-order valence-corrected chi connectivity index (χ0v) is 13.5. The summed E-state index contributed by atoms with van der Waals surface area (Å²) in [6.07, 6.45) is 8.34. The molecule has 3 rings (SSSR count). The maximum absolute atomic E-state index is 13.1. The Labute approximate surface area is 123 Å². The monoisotopic (exact) mass is 278 g/mol. The number of carbonyl (C=O) groups is 1. The molecule has 3 nitrogen and oxygen atoms in total. The Kier molecular flexibility index (Phi) is 3.39. The third-order valence-electron chi connectivity index (χ3n) is 5.79. The second-order valence-corrected chi connectivity index (χ2v) is 8.40. The van der Waals surface area contributed by atoms with Crippen molar-refractivity contribution in [1.82, 2.24) is 10.2 Å². The number of nitrogens with one attached hydrogen (secondary N) is 1. The van der Waals surface area contributed by atoms with Gasteiger partial charge >= 0.3 is 0 Å². The summed E-state index contributed by atoms with van der Waals surface area (Å²) in [6.45, 7) is 9.17. The molecule has 0 radical (unpaired) electrons. The van der Waals surface area contributed by atoms with Gasteiger partial charge in [0, 0.05) is 6.04 Å². The van der Waals surface area contributed by atoms with Gasteiger partial charge in [0.05, 0.1) is 11.7 Å². The highest BCUT2D eigenvalue weighted by atomic mass is 16.2. The molecule has 1 aliphatic heterocycles. The van der Waals surface area contributed by atoms with Crippen LogP contribution < -0.4 is 5.32 Å². The minimum Gasteiger partial charge on any atom is -0.322 e. The first-order valence-electron chi connectivity index (χ1n) is 8.45. The smallest absolute Gasteiger partial charge is 0.244 e. The highest BCUT2D eigenvalue weighted by Gasteiger charge is 2.55. The molecule has 2 atom stereocenters. The maximum atomic E-state index is 13.1. The molecular formula is C17H30N2O. The number of amides is 1. The molecule has 3 aliphatic rings. The highest BCUT2D eigenvalue weighted by Crippen LogP contribution is 2.45. The van der Waals surface area contributed by atoms with Gasteiger partial charge in [-0.05, 0) is 43.4 Å². The van der Waals surface area contributed by atoms with Crippen molar-refractivity contribution in [2.45, 2.75) is 90.4 Å². The molecular weight excluding hydrogens is 248 g/mol. The number of rotatable bonds is 2. The Morgan fingerprint density at radius 3 is 2.35 bits per heavy atom. The van der Waals surface area contributed by atoms with Crippen LogP contribution in [-0.4, -0.2) is 28.6 Å². The van der Waals surface area contributed by atoms with E-state index in [0.29, 0.717) is 23.3 Å². The summed E-state index contributed by atoms with van der Waals surface area (Å²) in [7, 11) is 0. The van der Waals surface area contributed by atoms with Crippen molar-refractivity contribution in [3.8, 4) is 0 Å². The summed E-state index contributed by atoms with van der Waals surface area (Å²) < 4.78 is 0. The number of hydrogen-bond acceptors (Lipinski definition) is 2. The van der Waals surface area contributed by atoms with Crippen LogP contribution in [-0.2, 0) is 4.79 Å². The number of hydrogen-bond donors (Lipinski definition) is 1. The fourth-order valence-corrected chi connectivity index (χ4v) is 4.64. The topological polar surface area (TPSA) is 32.3 Å². The van der Waals surface area contributed by atoms with Gasteiger partial charge in [-0.1, -0.05) is 40.5 Å². The lowest BCUT2D eigenvalue weighted by Gasteiger charge is -2.33. The molecule has 1 amide bonds. The van der Waals surface area contributed by atoms with Gasteiger partial charge in [0.15, 0.2) is 0 Å². The second-order valence-electron chi connectivity index (χ2n) is 8.40. The largest absolute Gasteiger partial charge is 0.322 e. The first-order chi connectivity index (χ1) is 9.35. The average molecular weight is 278 g/mol. The van der Waals surface area contributed by atoms with Gasteiger partial charge in [-0.15, -0.1) is 0 Å². The van der Waals surface area contributed by atoms with E-state index >= 15 is 0 Å². The Morgan fingerprint density at radius 1 is 1.20 bits per heavy atom. The molecule has 1 N–H and O–H groups in total. The Bertz CT molecular complexity index is 396. The molecule has 2 aliphatic carbocycles. The minimum absolute atomic E-state index is 0.207. The number of nitrogens with zero attached hydrogens (tertiary/aromatic N) is 1. The Balaban J connectivity index is 1.85. The molecule has 2 saturated carbocycles. The molecule has 3 fully saturated rings. The van der Waals surface area contributed by atoms with Gasteiger partial charge in [0.25, 0.3) is 0 Å². The molecule has 0 aromatic carbocycles. The van der Waals surface area contributed by atoms with E-state index in [-0.39, 0.29) is 11.7 Å². The molecule has 1 spiro atoms. The van der Waals surface area contributed by atoms with Crippen molar-refractivity contribution < 1.29 is 4.79 Å². The third kappa shape index (κ3) is 2.18. The van der Waals surface area contributed by atoms with Crippen LogP contribution in [0.25, 0.3) is 0 Å². The van der Waals surface area contributed by atoms with Crippen LogP contribution >= 0.6 is 0 Å². The van der Waals surface area contributed by atoms with E-state index in [9.17, 15) is 4.79 Å². The van der Waals surface area contributed by atoms with Crippen molar-refractivity contribution in [3.63, 3.8) is 0 Å². The zero-order valence-electron chi connectivity index (χ0n) is 13.5. The van der Waals surface area contributed by atoms with Crippen molar-refractivity contribution in [2.24, 2.45) is 11.3 Å². The van der Waals surface area contributed by atoms with Crippen LogP contribution in [0.2, 0.25) is 0 Å². The second kappa shape index (κ2) is 4.72. The highest BCUT2D eigenvalue weighted by molar-refractivity contribution is 5.89. The van der Waals surface area contributed by atoms with Crippen LogP contribution in [0.1, 0.15) is 72.6 Å². The first-order valence-corrected chi connectivity index (χ1v) is 8.45. The van der Waals surface area contributed by atoms with Gasteiger partial charge in [-0.3, -0.25) is 10.1 Å². The van der Waals surface area contributed by atoms with Crippen LogP contribution in [0, 0.1) is 11.3 Å². The lowest BCUT2D eigenvalue weighted by Crippen LogP contribution is -2.46. The van der Waals surface area contributed by atoms with Crippen molar-refractivity contribution >= 4 is 5.91 Å². The van der Waals surface area contributed by atoms with E-state index in [1.165, 1.54) is 32.1 Å². The van der Waals surface area contributed by atoms with Crippen LogP contribution in [0.5, 0.6) is 0 Å². The van der Waals surface area contributed by atoms with E-state index in [1.54, 1.807) is 0 Å². The average Bonchev–Trinajstić information content (AvgIpc) is 3.02. The standard InChI is InChI=1S/C17H30N2O/c1-12(2)14-18-17(8-5-6-9-17)15(20)19(14)13-7-10-16(3,4)11-13/h12-14,18H,5-11H2,1-4H3. The summed E-state index contributed by atoms with van der Waals surface area (Å²) in [5, 5.41) is 3.75. The molecule has 2 unspecified atom stereocenters. The van der Waals surface area contributed by atoms with E-state index in [2.05, 4.69) is 37.9 Å². The van der Waals surface area contributed by atoms with Crippen LogP contribution in [0.4, 0.5) is 0 Å². The molecule has 0 aromatic heterocycles. The van der Waals surface area contributed by atoms with Gasteiger partial charge in [-0.25, -0.2) is 0 Å². The van der Waals surface area contributed by atoms with Gasteiger partial charge in [0.1, 0.15) is 0 Å². The normalized spacial score (nSPS) is 35.6. The lowest BCUT2D eigenvalue weighted by molar-refractivity contribution is -0.135. The first kappa shape index (κ1) is 14.4. The fourth-order valence-electron chi connectivity index (χ4n) is 4.64. The number of carbonyl (C=O) groups excluding carboxylic acids is 1.